The summed E-state index contributed by atoms with van der Waals surface area (Å²) in [6.45, 7) is 2.18. The van der Waals surface area contributed by atoms with Gasteiger partial charge in [0.1, 0.15) is 17.4 Å². The lowest BCUT2D eigenvalue weighted by Crippen LogP contribution is -2.20. The molecule has 0 amide bonds. The lowest BCUT2D eigenvalue weighted by molar-refractivity contribution is 0.126. The summed E-state index contributed by atoms with van der Waals surface area (Å²) in [7, 11) is 0. The summed E-state index contributed by atoms with van der Waals surface area (Å²) < 4.78 is 6.55. The smallest absolute Gasteiger partial charge is 0.174 e. The Labute approximate surface area is 137 Å². The van der Waals surface area contributed by atoms with Crippen LogP contribution in [0, 0.1) is 6.92 Å². The van der Waals surface area contributed by atoms with Crippen LogP contribution in [0.4, 0.5) is 0 Å². The molecule has 1 atom stereocenters. The van der Waals surface area contributed by atoms with Gasteiger partial charge in [-0.05, 0) is 29.8 Å². The van der Waals surface area contributed by atoms with Crippen LogP contribution in [-0.2, 0) is 0 Å². The van der Waals surface area contributed by atoms with Gasteiger partial charge < -0.3 is 9.84 Å². The van der Waals surface area contributed by atoms with E-state index in [0.29, 0.717) is 5.75 Å². The Morgan fingerprint density at radius 2 is 2.00 bits per heavy atom. The maximum Gasteiger partial charge on any atom is 0.174 e. The zero-order valence-corrected chi connectivity index (χ0v) is 13.7. The van der Waals surface area contributed by atoms with Crippen LogP contribution in [0.2, 0.25) is 0 Å². The molecule has 0 saturated heterocycles. The summed E-state index contributed by atoms with van der Waals surface area (Å²) >= 11 is 3.04. The van der Waals surface area contributed by atoms with Gasteiger partial charge in [0, 0.05) is 5.75 Å². The molecule has 2 aromatic carbocycles. The Bertz CT molecular complexity index is 760. The number of rotatable bonds is 6. The van der Waals surface area contributed by atoms with Crippen LogP contribution in [0.25, 0.3) is 10.8 Å². The molecule has 0 bridgehead atoms. The molecular weight excluding hydrogens is 316 g/mol. The molecule has 0 radical (unpaired) electrons. The Morgan fingerprint density at radius 1 is 1.18 bits per heavy atom. The van der Waals surface area contributed by atoms with Crippen molar-refractivity contribution in [1.82, 2.24) is 10.2 Å². The molecule has 114 valence electrons. The van der Waals surface area contributed by atoms with E-state index in [9.17, 15) is 5.11 Å². The van der Waals surface area contributed by atoms with E-state index < -0.39 is 6.10 Å². The van der Waals surface area contributed by atoms with E-state index in [1.165, 1.54) is 28.5 Å². The number of aryl methyl sites for hydroxylation is 1. The minimum Gasteiger partial charge on any atom is -0.491 e. The van der Waals surface area contributed by atoms with Crippen LogP contribution in [0.5, 0.6) is 5.75 Å². The van der Waals surface area contributed by atoms with Crippen LogP contribution in [0.3, 0.4) is 0 Å². The Balaban J connectivity index is 1.52. The van der Waals surface area contributed by atoms with Crippen molar-refractivity contribution < 1.29 is 9.84 Å². The summed E-state index contributed by atoms with van der Waals surface area (Å²) in [5.74, 6) is 1.32. The molecule has 0 aliphatic rings. The number of hydrogen-bond acceptors (Lipinski definition) is 6. The lowest BCUT2D eigenvalue weighted by Gasteiger charge is -2.11. The van der Waals surface area contributed by atoms with Gasteiger partial charge in [-0.2, -0.15) is 0 Å². The molecule has 0 aliphatic carbocycles. The highest BCUT2D eigenvalue weighted by molar-refractivity contribution is 8.01. The second-order valence-electron chi connectivity index (χ2n) is 4.87. The first kappa shape index (κ1) is 15.3. The van der Waals surface area contributed by atoms with E-state index >= 15 is 0 Å². The van der Waals surface area contributed by atoms with Gasteiger partial charge in [0.15, 0.2) is 4.34 Å². The summed E-state index contributed by atoms with van der Waals surface area (Å²) in [4.78, 5) is 0. The van der Waals surface area contributed by atoms with Crippen molar-refractivity contribution in [3.63, 3.8) is 0 Å². The molecule has 1 aromatic heterocycles. The SMILES string of the molecule is Cc1nnc(SCC(O)COc2ccc3ccccc3c2)s1. The quantitative estimate of drug-likeness (QED) is 0.700. The van der Waals surface area contributed by atoms with E-state index in [4.69, 9.17) is 4.74 Å². The number of aliphatic hydroxyl groups is 1. The third-order valence-corrected chi connectivity index (χ3v) is 5.19. The lowest BCUT2D eigenvalue weighted by atomic mass is 10.1. The zero-order valence-electron chi connectivity index (χ0n) is 12.1. The van der Waals surface area contributed by atoms with Gasteiger partial charge in [-0.3, -0.25) is 0 Å². The number of fused-ring (bicyclic) bond motifs is 1. The van der Waals surface area contributed by atoms with Crippen LogP contribution in [0.1, 0.15) is 5.01 Å². The van der Waals surface area contributed by atoms with Gasteiger partial charge in [-0.1, -0.05) is 53.4 Å². The second-order valence-corrected chi connectivity index (χ2v) is 7.32. The maximum absolute atomic E-state index is 10.0. The van der Waals surface area contributed by atoms with Crippen molar-refractivity contribution in [3.05, 3.63) is 47.5 Å². The number of ether oxygens (including phenoxy) is 1. The maximum atomic E-state index is 10.0. The molecule has 22 heavy (non-hydrogen) atoms. The van der Waals surface area contributed by atoms with Crippen LogP contribution in [-0.4, -0.2) is 33.8 Å². The van der Waals surface area contributed by atoms with Gasteiger partial charge in [0.2, 0.25) is 0 Å². The molecule has 1 unspecified atom stereocenters. The molecule has 3 aromatic rings. The molecule has 1 N–H and O–H groups in total. The summed E-state index contributed by atoms with van der Waals surface area (Å²) in [5.41, 5.74) is 0. The normalized spacial score (nSPS) is 12.5. The van der Waals surface area contributed by atoms with Crippen molar-refractivity contribution in [2.24, 2.45) is 0 Å². The van der Waals surface area contributed by atoms with Crippen molar-refractivity contribution in [3.8, 4) is 5.75 Å². The largest absolute Gasteiger partial charge is 0.491 e. The van der Waals surface area contributed by atoms with E-state index in [-0.39, 0.29) is 6.61 Å². The van der Waals surface area contributed by atoms with Gasteiger partial charge in [-0.25, -0.2) is 0 Å². The van der Waals surface area contributed by atoms with Crippen LogP contribution >= 0.6 is 23.1 Å². The fourth-order valence-electron chi connectivity index (χ4n) is 2.00. The monoisotopic (exact) mass is 332 g/mol. The predicted molar refractivity (Wildman–Crippen MR) is 90.8 cm³/mol. The molecular formula is C16H16N2O2S2. The van der Waals surface area contributed by atoms with E-state index in [1.54, 1.807) is 0 Å². The molecule has 1 heterocycles. The highest BCUT2D eigenvalue weighted by atomic mass is 32.2. The van der Waals surface area contributed by atoms with Gasteiger partial charge in [0.25, 0.3) is 0 Å². The fourth-order valence-corrected chi connectivity index (χ4v) is 3.75. The van der Waals surface area contributed by atoms with Crippen molar-refractivity contribution in [1.29, 1.82) is 0 Å². The minimum absolute atomic E-state index is 0.267. The van der Waals surface area contributed by atoms with Crippen LogP contribution < -0.4 is 4.74 Å². The first-order valence-electron chi connectivity index (χ1n) is 6.93. The summed E-state index contributed by atoms with van der Waals surface area (Å²) in [6.07, 6.45) is -0.541. The number of benzene rings is 2. The second kappa shape index (κ2) is 7.09. The van der Waals surface area contributed by atoms with Gasteiger partial charge >= 0.3 is 0 Å². The molecule has 0 fully saturated rings. The average molecular weight is 332 g/mol. The third-order valence-electron chi connectivity index (χ3n) is 3.07. The van der Waals surface area contributed by atoms with Crippen molar-refractivity contribution in [2.75, 3.05) is 12.4 Å². The van der Waals surface area contributed by atoms with Gasteiger partial charge in [0.05, 0.1) is 6.10 Å². The summed E-state index contributed by atoms with van der Waals surface area (Å²) in [6, 6.07) is 14.1. The van der Waals surface area contributed by atoms with Crippen molar-refractivity contribution in [2.45, 2.75) is 17.4 Å². The molecule has 4 nitrogen and oxygen atoms in total. The average Bonchev–Trinajstić information content (AvgIpc) is 2.96. The minimum atomic E-state index is -0.541. The van der Waals surface area contributed by atoms with E-state index in [0.717, 1.165) is 20.5 Å². The molecule has 3 rings (SSSR count). The number of nitrogens with zero attached hydrogens (tertiary/aromatic N) is 2. The highest BCUT2D eigenvalue weighted by Gasteiger charge is 2.09. The number of thioether (sulfide) groups is 1. The van der Waals surface area contributed by atoms with E-state index in [1.807, 2.05) is 43.3 Å². The molecule has 6 heteroatoms. The number of aliphatic hydroxyl groups excluding tert-OH is 1. The van der Waals surface area contributed by atoms with E-state index in [2.05, 4.69) is 16.3 Å². The molecule has 0 aliphatic heterocycles. The summed E-state index contributed by atoms with van der Waals surface area (Å²) in [5, 5.41) is 21.2. The Kier molecular flexibility index (Phi) is 4.92. The molecule has 0 saturated carbocycles. The first-order valence-corrected chi connectivity index (χ1v) is 8.73. The third kappa shape index (κ3) is 3.97. The van der Waals surface area contributed by atoms with Gasteiger partial charge in [-0.15, -0.1) is 10.2 Å². The van der Waals surface area contributed by atoms with Crippen LogP contribution in [0.15, 0.2) is 46.8 Å². The zero-order chi connectivity index (χ0) is 15.4. The topological polar surface area (TPSA) is 55.2 Å². The van der Waals surface area contributed by atoms with Crippen molar-refractivity contribution >= 4 is 33.9 Å². The fraction of sp³-hybridized carbons (Fsp3) is 0.250. The Hall–Kier alpha value is -1.63. The first-order chi connectivity index (χ1) is 10.7. The molecule has 0 spiro atoms. The number of hydrogen-bond donors (Lipinski definition) is 1. The standard InChI is InChI=1S/C16H16N2O2S2/c1-11-17-18-16(22-11)21-10-14(19)9-20-15-7-6-12-4-2-3-5-13(12)8-15/h2-8,14,19H,9-10H2,1H3. The predicted octanol–water partition coefficient (Wildman–Crippen LogP) is 3.53. The Morgan fingerprint density at radius 3 is 2.77 bits per heavy atom. The highest BCUT2D eigenvalue weighted by Crippen LogP contribution is 2.23. The number of aromatic nitrogens is 2.